The minimum atomic E-state index is -0.429. The van der Waals surface area contributed by atoms with Gasteiger partial charge in [-0.1, -0.05) is 6.07 Å². The highest BCUT2D eigenvalue weighted by molar-refractivity contribution is 5.83. The molecule has 7 heteroatoms. The molecule has 0 aliphatic rings. The van der Waals surface area contributed by atoms with Gasteiger partial charge in [0.2, 0.25) is 5.91 Å². The quantitative estimate of drug-likeness (QED) is 0.447. The first kappa shape index (κ1) is 24.2. The predicted octanol–water partition coefficient (Wildman–Crippen LogP) is 4.72. The van der Waals surface area contributed by atoms with Gasteiger partial charge in [-0.2, -0.15) is 0 Å². The largest absolute Gasteiger partial charge is 0.497 e. The highest BCUT2D eigenvalue weighted by atomic mass is 16.5. The number of ether oxygens (including phenoxy) is 3. The fourth-order valence-electron chi connectivity index (χ4n) is 3.76. The lowest BCUT2D eigenvalue weighted by molar-refractivity contribution is -0.121. The molecule has 1 heterocycles. The SMILES string of the molecule is CCOc1ccc(C(C)NC(=O)CCc2c(C)c3ccc(OC)cc3oc2=O)cc1OCC. The number of carbonyl (C=O) groups is 1. The minimum absolute atomic E-state index is 0.150. The van der Waals surface area contributed by atoms with Crippen LogP contribution in [0, 0.1) is 6.92 Å². The molecule has 2 aromatic carbocycles. The van der Waals surface area contributed by atoms with Crippen LogP contribution in [0.4, 0.5) is 0 Å². The maximum absolute atomic E-state index is 12.6. The standard InChI is InChI=1S/C26H31NO6/c1-6-31-22-12-8-18(14-24(22)32-7-2)17(4)27-25(28)13-11-21-16(3)20-10-9-19(30-5)15-23(20)33-26(21)29/h8-10,12,14-15,17H,6-7,11,13H2,1-5H3,(H,27,28). The molecule has 33 heavy (non-hydrogen) atoms. The molecule has 1 N–H and O–H groups in total. The van der Waals surface area contributed by atoms with Crippen molar-refractivity contribution in [1.82, 2.24) is 5.32 Å². The van der Waals surface area contributed by atoms with E-state index in [1.807, 2.05) is 58.0 Å². The number of hydrogen-bond donors (Lipinski definition) is 1. The number of aryl methyl sites for hydroxylation is 1. The molecule has 1 unspecified atom stereocenters. The summed E-state index contributed by atoms with van der Waals surface area (Å²) in [5.41, 5.74) is 2.28. The van der Waals surface area contributed by atoms with Crippen LogP contribution >= 0.6 is 0 Å². The molecule has 0 aliphatic carbocycles. The zero-order valence-electron chi connectivity index (χ0n) is 19.8. The first-order chi connectivity index (χ1) is 15.9. The van der Waals surface area contributed by atoms with E-state index in [1.54, 1.807) is 13.2 Å². The maximum Gasteiger partial charge on any atom is 0.339 e. The second-order valence-electron chi connectivity index (χ2n) is 7.72. The molecule has 0 bridgehead atoms. The van der Waals surface area contributed by atoms with Crippen molar-refractivity contribution in [3.05, 3.63) is 63.5 Å². The Morgan fingerprint density at radius 2 is 1.79 bits per heavy atom. The van der Waals surface area contributed by atoms with Crippen molar-refractivity contribution < 1.29 is 23.4 Å². The topological polar surface area (TPSA) is 87.0 Å². The molecule has 1 amide bonds. The van der Waals surface area contributed by atoms with Gasteiger partial charge in [0.25, 0.3) is 0 Å². The van der Waals surface area contributed by atoms with Crippen molar-refractivity contribution in [2.45, 2.75) is 46.6 Å². The number of carbonyl (C=O) groups excluding carboxylic acids is 1. The Morgan fingerprint density at radius 3 is 2.48 bits per heavy atom. The Kier molecular flexibility index (Phi) is 7.98. The molecule has 0 saturated carbocycles. The molecular weight excluding hydrogens is 422 g/mol. The van der Waals surface area contributed by atoms with Crippen LogP contribution in [0.1, 0.15) is 49.9 Å². The molecule has 0 aliphatic heterocycles. The van der Waals surface area contributed by atoms with E-state index in [0.717, 1.165) is 16.5 Å². The average molecular weight is 454 g/mol. The van der Waals surface area contributed by atoms with E-state index in [2.05, 4.69) is 5.32 Å². The summed E-state index contributed by atoms with van der Waals surface area (Å²) in [4.78, 5) is 25.2. The van der Waals surface area contributed by atoms with Crippen molar-refractivity contribution in [2.24, 2.45) is 0 Å². The third-order valence-corrected chi connectivity index (χ3v) is 5.54. The molecule has 3 rings (SSSR count). The number of methoxy groups -OCH3 is 1. The van der Waals surface area contributed by atoms with Gasteiger partial charge in [0, 0.05) is 23.4 Å². The van der Waals surface area contributed by atoms with Gasteiger partial charge in [0.05, 0.1) is 26.4 Å². The second-order valence-corrected chi connectivity index (χ2v) is 7.72. The Balaban J connectivity index is 1.69. The number of benzene rings is 2. The summed E-state index contributed by atoms with van der Waals surface area (Å²) in [5, 5.41) is 3.82. The first-order valence-corrected chi connectivity index (χ1v) is 11.2. The Bertz CT molecular complexity index is 1180. The molecule has 0 radical (unpaired) electrons. The third kappa shape index (κ3) is 5.66. The molecule has 7 nitrogen and oxygen atoms in total. The summed E-state index contributed by atoms with van der Waals surface area (Å²) in [6.45, 7) is 8.67. The van der Waals surface area contributed by atoms with Crippen LogP contribution in [-0.2, 0) is 11.2 Å². The van der Waals surface area contributed by atoms with Crippen LogP contribution in [0.3, 0.4) is 0 Å². The van der Waals surface area contributed by atoms with E-state index in [0.29, 0.717) is 48.0 Å². The number of nitrogens with one attached hydrogen (secondary N) is 1. The van der Waals surface area contributed by atoms with E-state index < -0.39 is 5.63 Å². The van der Waals surface area contributed by atoms with E-state index in [1.165, 1.54) is 0 Å². The molecule has 176 valence electrons. The van der Waals surface area contributed by atoms with E-state index in [-0.39, 0.29) is 18.4 Å². The second kappa shape index (κ2) is 10.9. The van der Waals surface area contributed by atoms with Crippen LogP contribution in [-0.4, -0.2) is 26.2 Å². The fraction of sp³-hybridized carbons (Fsp3) is 0.385. The van der Waals surface area contributed by atoms with Crippen molar-refractivity contribution in [1.29, 1.82) is 0 Å². The van der Waals surface area contributed by atoms with E-state index in [9.17, 15) is 9.59 Å². The summed E-state index contributed by atoms with van der Waals surface area (Å²) in [5.74, 6) is 1.80. The van der Waals surface area contributed by atoms with Crippen molar-refractivity contribution in [3.8, 4) is 17.2 Å². The summed E-state index contributed by atoms with van der Waals surface area (Å²) < 4.78 is 21.9. The van der Waals surface area contributed by atoms with Crippen molar-refractivity contribution in [3.63, 3.8) is 0 Å². The molecule has 1 atom stereocenters. The molecule has 1 aromatic heterocycles. The van der Waals surface area contributed by atoms with E-state index >= 15 is 0 Å². The van der Waals surface area contributed by atoms with Gasteiger partial charge >= 0.3 is 5.63 Å². The van der Waals surface area contributed by atoms with Crippen LogP contribution in [0.5, 0.6) is 17.2 Å². The predicted molar refractivity (Wildman–Crippen MR) is 127 cm³/mol. The molecule has 0 saturated heterocycles. The summed E-state index contributed by atoms with van der Waals surface area (Å²) in [7, 11) is 1.56. The third-order valence-electron chi connectivity index (χ3n) is 5.54. The number of hydrogen-bond acceptors (Lipinski definition) is 6. The highest BCUT2D eigenvalue weighted by Crippen LogP contribution is 2.31. The van der Waals surface area contributed by atoms with Gasteiger partial charge in [0.1, 0.15) is 11.3 Å². The lowest BCUT2D eigenvalue weighted by Gasteiger charge is -2.17. The van der Waals surface area contributed by atoms with Gasteiger partial charge in [-0.15, -0.1) is 0 Å². The molecule has 3 aromatic rings. The highest BCUT2D eigenvalue weighted by Gasteiger charge is 2.16. The number of amides is 1. The fourth-order valence-corrected chi connectivity index (χ4v) is 3.76. The molecule has 0 spiro atoms. The van der Waals surface area contributed by atoms with Gasteiger partial charge in [-0.3, -0.25) is 4.79 Å². The lowest BCUT2D eigenvalue weighted by Crippen LogP contribution is -2.27. The summed E-state index contributed by atoms with van der Waals surface area (Å²) in [6.07, 6.45) is 0.467. The Hall–Kier alpha value is -3.48. The zero-order valence-corrected chi connectivity index (χ0v) is 19.8. The van der Waals surface area contributed by atoms with Crippen LogP contribution in [0.25, 0.3) is 11.0 Å². The smallest absolute Gasteiger partial charge is 0.339 e. The number of fused-ring (bicyclic) bond motifs is 1. The van der Waals surface area contributed by atoms with Crippen LogP contribution < -0.4 is 25.2 Å². The Labute approximate surface area is 193 Å². The minimum Gasteiger partial charge on any atom is -0.497 e. The van der Waals surface area contributed by atoms with Crippen LogP contribution in [0.15, 0.2) is 45.6 Å². The van der Waals surface area contributed by atoms with Crippen LogP contribution in [0.2, 0.25) is 0 Å². The van der Waals surface area contributed by atoms with Gasteiger partial charge < -0.3 is 23.9 Å². The molecule has 0 fully saturated rings. The number of rotatable bonds is 10. The normalized spacial score (nSPS) is 11.8. The van der Waals surface area contributed by atoms with Gasteiger partial charge in [-0.25, -0.2) is 4.79 Å². The van der Waals surface area contributed by atoms with E-state index in [4.69, 9.17) is 18.6 Å². The lowest BCUT2D eigenvalue weighted by atomic mass is 10.0. The van der Waals surface area contributed by atoms with Gasteiger partial charge in [-0.05, 0) is 69.5 Å². The van der Waals surface area contributed by atoms with Gasteiger partial charge in [0.15, 0.2) is 11.5 Å². The average Bonchev–Trinajstić information content (AvgIpc) is 2.79. The van der Waals surface area contributed by atoms with Crippen molar-refractivity contribution >= 4 is 16.9 Å². The van der Waals surface area contributed by atoms with Crippen molar-refractivity contribution in [2.75, 3.05) is 20.3 Å². The Morgan fingerprint density at radius 1 is 1.06 bits per heavy atom. The molecular formula is C26H31NO6. The first-order valence-electron chi connectivity index (χ1n) is 11.2. The zero-order chi connectivity index (χ0) is 24.0. The maximum atomic E-state index is 12.6. The summed E-state index contributed by atoms with van der Waals surface area (Å²) >= 11 is 0. The monoisotopic (exact) mass is 453 g/mol. The summed E-state index contributed by atoms with van der Waals surface area (Å²) in [6, 6.07) is 10.8.